The maximum absolute atomic E-state index is 15.7. The van der Waals surface area contributed by atoms with Gasteiger partial charge in [-0.3, -0.25) is 0 Å². The van der Waals surface area contributed by atoms with E-state index in [0.717, 1.165) is 29.6 Å². The van der Waals surface area contributed by atoms with Crippen LogP contribution in [0.4, 0.5) is 14.4 Å². The Morgan fingerprint density at radius 2 is 0.417 bits per heavy atom. The summed E-state index contributed by atoms with van der Waals surface area (Å²) in [5.74, 6) is 0. The fraction of sp³-hybridized carbons (Fsp3) is 0.423. The minimum absolute atomic E-state index is 0.187. The summed E-state index contributed by atoms with van der Waals surface area (Å²) >= 11 is 0. The van der Waals surface area contributed by atoms with Gasteiger partial charge in [0, 0.05) is 58.9 Å². The zero-order chi connectivity index (χ0) is 80.7. The van der Waals surface area contributed by atoms with Crippen molar-refractivity contribution in [1.29, 1.82) is 0 Å². The van der Waals surface area contributed by atoms with Crippen LogP contribution >= 0.6 is 0 Å². The van der Waals surface area contributed by atoms with Gasteiger partial charge in [-0.25, -0.2) is 77.8 Å². The van der Waals surface area contributed by atoms with Crippen LogP contribution in [0.25, 0.3) is 0 Å². The molecule has 0 aliphatic rings. The van der Waals surface area contributed by atoms with Gasteiger partial charge < -0.3 is 14.2 Å². The number of benzene rings is 7. The van der Waals surface area contributed by atoms with Gasteiger partial charge in [0.15, 0.2) is 0 Å². The second kappa shape index (κ2) is 34.5. The molecule has 108 heavy (non-hydrogen) atoms. The molecule has 588 valence electrons. The van der Waals surface area contributed by atoms with Crippen LogP contribution in [0.5, 0.6) is 0 Å². The first kappa shape index (κ1) is 87.2. The van der Waals surface area contributed by atoms with E-state index in [1.54, 1.807) is 197 Å². The van der Waals surface area contributed by atoms with Crippen molar-refractivity contribution in [3.05, 3.63) is 212 Å². The Kier molecular flexibility index (Phi) is 27.8. The summed E-state index contributed by atoms with van der Waals surface area (Å²) in [6.45, 7) is 24.5. The summed E-state index contributed by atoms with van der Waals surface area (Å²) < 4.78 is 203. The Bertz CT molecular complexity index is 4570. The first-order chi connectivity index (χ1) is 49.9. The first-order valence-corrected chi connectivity index (χ1v) is 43.8. The molecule has 0 aromatic heterocycles. The molecule has 0 fully saturated rings. The van der Waals surface area contributed by atoms with Gasteiger partial charge in [-0.2, -0.15) is 12.9 Å². The van der Waals surface area contributed by atoms with Gasteiger partial charge >= 0.3 is 18.3 Å². The Labute approximate surface area is 640 Å². The summed E-state index contributed by atoms with van der Waals surface area (Å²) in [6, 6.07) is 35.2. The van der Waals surface area contributed by atoms with Gasteiger partial charge in [0.05, 0.1) is 29.4 Å². The molecule has 0 heterocycles. The van der Waals surface area contributed by atoms with E-state index in [0.29, 0.717) is 46.3 Å². The first-order valence-electron chi connectivity index (χ1n) is 35.2. The fourth-order valence-corrected chi connectivity index (χ4v) is 20.0. The molecule has 0 spiro atoms. The van der Waals surface area contributed by atoms with E-state index in [-0.39, 0.29) is 65.3 Å². The lowest BCUT2D eigenvalue weighted by Crippen LogP contribution is -2.43. The lowest BCUT2D eigenvalue weighted by molar-refractivity contribution is 0.0375. The molecule has 3 amide bonds. The number of hydrogen-bond acceptors (Lipinski definition) is 18. The minimum atomic E-state index is -4.69. The molecule has 0 saturated heterocycles. The van der Waals surface area contributed by atoms with Gasteiger partial charge in [0.1, 0.15) is 16.8 Å². The van der Waals surface area contributed by atoms with Crippen LogP contribution < -0.4 is 0 Å². The van der Waals surface area contributed by atoms with E-state index in [4.69, 9.17) is 14.2 Å². The molecule has 0 aliphatic heterocycles. The van der Waals surface area contributed by atoms with Gasteiger partial charge in [-0.15, -0.1) is 0 Å². The average Bonchev–Trinajstić information content (AvgIpc) is 0.756. The molecule has 0 radical (unpaired) electrons. The number of ether oxygens (including phenoxy) is 3. The van der Waals surface area contributed by atoms with E-state index in [1.807, 2.05) is 0 Å². The number of aryl methyl sites for hydroxylation is 6. The molecule has 0 aliphatic carbocycles. The monoisotopic (exact) mass is 1600 g/mol. The number of carbonyl (C=O) groups excluding carboxylic acids is 3. The highest BCUT2D eigenvalue weighted by Gasteiger charge is 2.39. The highest BCUT2D eigenvalue weighted by atomic mass is 32.2. The Balaban J connectivity index is 1.47. The summed E-state index contributed by atoms with van der Waals surface area (Å²) in [5.41, 5.74) is 2.32. The van der Waals surface area contributed by atoms with Crippen LogP contribution in [-0.2, 0) is 94.0 Å². The lowest BCUT2D eigenvalue weighted by Gasteiger charge is -2.32. The fourth-order valence-electron chi connectivity index (χ4n) is 11.6. The van der Waals surface area contributed by atoms with E-state index in [2.05, 4.69) is 0 Å². The predicted molar refractivity (Wildman–Crippen MR) is 415 cm³/mol. The largest absolute Gasteiger partial charge is 0.443 e. The van der Waals surface area contributed by atoms with Crippen molar-refractivity contribution in [2.45, 2.75) is 210 Å². The maximum atomic E-state index is 15.7. The van der Waals surface area contributed by atoms with E-state index in [9.17, 15) is 39.6 Å². The van der Waals surface area contributed by atoms with E-state index in [1.165, 1.54) is 72.8 Å². The lowest BCUT2D eigenvalue weighted by atomic mass is 9.87. The zero-order valence-corrected chi connectivity index (χ0v) is 69.7. The van der Waals surface area contributed by atoms with Crippen molar-refractivity contribution in [3.8, 4) is 0 Å². The Hall–Kier alpha value is -8.07. The van der Waals surface area contributed by atoms with Gasteiger partial charge in [0.2, 0.25) is 30.1 Å². The normalized spacial score (nSPS) is 12.9. The average molecular weight is 1600 g/mol. The molecule has 0 bridgehead atoms. The number of rotatable bonds is 30. The molecule has 7 aromatic rings. The molecule has 7 rings (SSSR count). The minimum Gasteiger partial charge on any atom is -0.443 e. The van der Waals surface area contributed by atoms with Crippen molar-refractivity contribution in [3.63, 3.8) is 0 Å². The molecular weight excluding hydrogens is 1500 g/mol. The van der Waals surface area contributed by atoms with Gasteiger partial charge in [-0.1, -0.05) is 106 Å². The second-order valence-corrected chi connectivity index (χ2v) is 41.3. The molecule has 0 N–H and O–H groups in total. The summed E-state index contributed by atoms with van der Waals surface area (Å²) in [6.07, 6.45) is -4.73. The smallest absolute Gasteiger partial charge is 0.424 e. The third kappa shape index (κ3) is 21.9. The van der Waals surface area contributed by atoms with Gasteiger partial charge in [0.25, 0.3) is 30.1 Å². The second-order valence-electron chi connectivity index (χ2n) is 29.9. The zero-order valence-electron chi connectivity index (χ0n) is 64.8. The van der Waals surface area contributed by atoms with Crippen LogP contribution in [-0.4, -0.2) is 151 Å². The molecule has 30 heteroatoms. The highest BCUT2D eigenvalue weighted by molar-refractivity contribution is 7.91. The summed E-state index contributed by atoms with van der Waals surface area (Å²) in [5, 5.41) is 0. The number of hydrogen-bond donors (Lipinski definition) is 0. The van der Waals surface area contributed by atoms with Crippen molar-refractivity contribution < 1.29 is 79.1 Å². The van der Waals surface area contributed by atoms with E-state index >= 15 is 25.3 Å². The number of carbonyl (C=O) groups is 3. The third-order valence-corrected chi connectivity index (χ3v) is 28.5. The Morgan fingerprint density at radius 1 is 0.259 bits per heavy atom. The van der Waals surface area contributed by atoms with Crippen molar-refractivity contribution in [2.24, 2.45) is 0 Å². The molecule has 0 unspecified atom stereocenters. The van der Waals surface area contributed by atoms with Crippen LogP contribution in [0.3, 0.4) is 0 Å². The quantitative estimate of drug-likeness (QED) is 0.0378. The summed E-state index contributed by atoms with van der Waals surface area (Å²) in [4.78, 5) is 41.2. The van der Waals surface area contributed by atoms with Crippen LogP contribution in [0.2, 0.25) is 0 Å². The van der Waals surface area contributed by atoms with Crippen molar-refractivity contribution >= 4 is 78.4 Å². The molecular formula is C78H102N6O18S6. The predicted octanol–water partition coefficient (Wildman–Crippen LogP) is 14.1. The Morgan fingerprint density at radius 3 is 0.574 bits per heavy atom. The van der Waals surface area contributed by atoms with Crippen molar-refractivity contribution in [2.75, 3.05) is 39.3 Å². The standard InChI is InChI=1S/C78H102N6O18S6/c1-55-22-34-64(35-23-55)103(88,89)79(46-19-49-82(73(85)100-76(10,11)12)106(94,95)67-40-28-58(4)29-41-67)52-70-61(7)71(53-80(104(90,91)65-36-24-56(2)25-37-65)47-20-50-83(74(86)101-77(13,14)15)107(96,97)68-42-30-59(5)31-43-68)63(9)72(62(70)8)54-81(105(92,93)66-38-26-57(3)27-39-66)48-21-51-84(75(87)102-78(16,17)18)108(98,99)69-44-32-60(6)33-45-69/h22-45H,19-21,46-54H2,1-18H3. The SMILES string of the molecule is Cc1ccc(S(=O)(=O)N(CCCN(C(=O)OC(C)(C)C)S(=O)(=O)c2ccc(C)cc2)Cc2c(C)c(CN(CCCN(C(=O)OC(C)(C)C)S(=O)(=O)c3ccc(C)cc3)S(=O)(=O)c3ccc(C)cc3)c(C)c(CN(CCCN(C(=O)OC(C)(C)C)S(=O)(=O)c3ccc(C)cc3)S(=O)(=O)c3ccc(C)cc3)c2C)cc1. The molecule has 24 nitrogen and oxygen atoms in total. The third-order valence-electron chi connectivity index (χ3n) is 17.6. The van der Waals surface area contributed by atoms with Crippen LogP contribution in [0, 0.1) is 62.3 Å². The number of sulfonamides is 6. The van der Waals surface area contributed by atoms with E-state index < -0.39 is 154 Å². The number of amides is 3. The van der Waals surface area contributed by atoms with Crippen LogP contribution in [0.1, 0.15) is 148 Å². The van der Waals surface area contributed by atoms with Gasteiger partial charge in [-0.05, 0) is 250 Å². The highest BCUT2D eigenvalue weighted by Crippen LogP contribution is 2.36. The van der Waals surface area contributed by atoms with Crippen LogP contribution in [0.15, 0.2) is 175 Å². The van der Waals surface area contributed by atoms with Crippen molar-refractivity contribution in [1.82, 2.24) is 25.8 Å². The molecule has 0 saturated carbocycles. The molecule has 0 atom stereocenters. The number of nitrogens with zero attached hydrogens (tertiary/aromatic N) is 6. The maximum Gasteiger partial charge on any atom is 0.424 e. The summed E-state index contributed by atoms with van der Waals surface area (Å²) in [7, 11) is -28.1. The topological polar surface area (TPSA) is 303 Å². The molecule has 7 aromatic carbocycles.